The largest absolute Gasteiger partial charge is 0.156 e. The number of thioether (sulfide) groups is 2. The van der Waals surface area contributed by atoms with Gasteiger partial charge in [0.25, 0.3) is 0 Å². The zero-order valence-electron chi connectivity index (χ0n) is 12.6. The second-order valence-corrected chi connectivity index (χ2v) is 10.6. The highest BCUT2D eigenvalue weighted by atomic mass is 32.2. The molecular weight excluding hydrogens is 256 g/mol. The van der Waals surface area contributed by atoms with Crippen LogP contribution >= 0.6 is 23.5 Å². The highest BCUT2D eigenvalue weighted by Crippen LogP contribution is 2.47. The fourth-order valence-electron chi connectivity index (χ4n) is 3.66. The summed E-state index contributed by atoms with van der Waals surface area (Å²) >= 11 is 4.35. The van der Waals surface area contributed by atoms with Crippen molar-refractivity contribution in [3.63, 3.8) is 0 Å². The van der Waals surface area contributed by atoms with Crippen molar-refractivity contribution in [3.05, 3.63) is 0 Å². The molecule has 18 heavy (non-hydrogen) atoms. The van der Waals surface area contributed by atoms with Crippen molar-refractivity contribution in [2.24, 2.45) is 11.3 Å². The molecule has 1 heterocycles. The van der Waals surface area contributed by atoms with Gasteiger partial charge in [0.05, 0.1) is 0 Å². The van der Waals surface area contributed by atoms with Crippen LogP contribution in [-0.4, -0.2) is 21.5 Å². The third kappa shape index (κ3) is 4.67. The van der Waals surface area contributed by atoms with E-state index in [1.165, 1.54) is 50.0 Å². The number of hydrogen-bond donors (Lipinski definition) is 0. The van der Waals surface area contributed by atoms with Crippen LogP contribution in [0.4, 0.5) is 0 Å². The van der Waals surface area contributed by atoms with Gasteiger partial charge < -0.3 is 0 Å². The lowest BCUT2D eigenvalue weighted by Crippen LogP contribution is -2.33. The van der Waals surface area contributed by atoms with E-state index in [2.05, 4.69) is 51.2 Å². The van der Waals surface area contributed by atoms with Gasteiger partial charge >= 0.3 is 0 Å². The van der Waals surface area contributed by atoms with Crippen molar-refractivity contribution in [1.82, 2.24) is 0 Å². The molecule has 106 valence electrons. The monoisotopic (exact) mass is 286 g/mol. The lowest BCUT2D eigenvalue weighted by Gasteiger charge is -2.42. The number of rotatable bonds is 6. The molecule has 0 nitrogen and oxygen atoms in total. The van der Waals surface area contributed by atoms with Gasteiger partial charge in [-0.15, -0.1) is 0 Å². The van der Waals surface area contributed by atoms with E-state index in [0.29, 0.717) is 10.2 Å². The average molecular weight is 287 g/mol. The van der Waals surface area contributed by atoms with E-state index in [9.17, 15) is 0 Å². The quantitative estimate of drug-likeness (QED) is 0.582. The summed E-state index contributed by atoms with van der Waals surface area (Å²) in [5, 5.41) is 0.979. The van der Waals surface area contributed by atoms with Gasteiger partial charge in [-0.3, -0.25) is 0 Å². The van der Waals surface area contributed by atoms with Gasteiger partial charge in [-0.1, -0.05) is 47.0 Å². The Labute approximate surface area is 122 Å². The maximum absolute atomic E-state index is 2.52. The molecule has 1 saturated heterocycles. The first-order valence-electron chi connectivity index (χ1n) is 7.65. The third-order valence-electron chi connectivity index (χ3n) is 4.65. The highest BCUT2D eigenvalue weighted by Gasteiger charge is 2.37. The van der Waals surface area contributed by atoms with E-state index >= 15 is 0 Å². The van der Waals surface area contributed by atoms with Crippen LogP contribution in [0.15, 0.2) is 0 Å². The Balaban J connectivity index is 1.83. The lowest BCUT2D eigenvalue weighted by atomic mass is 9.67. The second kappa shape index (κ2) is 5.99. The molecule has 2 aliphatic rings. The van der Waals surface area contributed by atoms with Crippen LogP contribution in [0.1, 0.15) is 66.2 Å². The predicted octanol–water partition coefficient (Wildman–Crippen LogP) is 5.61. The molecule has 0 N–H and O–H groups in total. The minimum atomic E-state index is 0.462. The van der Waals surface area contributed by atoms with Gasteiger partial charge in [-0.25, -0.2) is 0 Å². The van der Waals surface area contributed by atoms with Crippen LogP contribution < -0.4 is 0 Å². The first-order chi connectivity index (χ1) is 8.39. The van der Waals surface area contributed by atoms with Gasteiger partial charge in [0, 0.05) is 21.5 Å². The minimum Gasteiger partial charge on any atom is -0.156 e. The predicted molar refractivity (Wildman–Crippen MR) is 87.8 cm³/mol. The van der Waals surface area contributed by atoms with Crippen molar-refractivity contribution >= 4 is 23.5 Å². The standard InChI is InChI=1S/C16H30S2/c1-15(2,13-8-6-5-7-9-13)12-16(3,4)18-11-14-10-17-14/h13-14H,5-12H2,1-4H3. The molecule has 0 aromatic rings. The van der Waals surface area contributed by atoms with Crippen LogP contribution in [0, 0.1) is 11.3 Å². The molecule has 0 radical (unpaired) electrons. The maximum atomic E-state index is 2.52. The molecule has 2 heteroatoms. The highest BCUT2D eigenvalue weighted by molar-refractivity contribution is 8.09. The van der Waals surface area contributed by atoms with Gasteiger partial charge in [0.1, 0.15) is 0 Å². The van der Waals surface area contributed by atoms with E-state index in [0.717, 1.165) is 11.2 Å². The molecular formula is C16H30S2. The fourth-order valence-corrected chi connectivity index (χ4v) is 5.88. The zero-order chi connectivity index (χ0) is 13.2. The summed E-state index contributed by atoms with van der Waals surface area (Å²) in [5.41, 5.74) is 0.535. The van der Waals surface area contributed by atoms with E-state index in [-0.39, 0.29) is 0 Å². The van der Waals surface area contributed by atoms with Crippen LogP contribution in [0.25, 0.3) is 0 Å². The maximum Gasteiger partial charge on any atom is 0.0229 e. The lowest BCUT2D eigenvalue weighted by molar-refractivity contribution is 0.135. The summed E-state index contributed by atoms with van der Waals surface area (Å²) in [6.07, 6.45) is 8.76. The van der Waals surface area contributed by atoms with Crippen LogP contribution in [0.2, 0.25) is 0 Å². The van der Waals surface area contributed by atoms with Crippen LogP contribution in [0.3, 0.4) is 0 Å². The van der Waals surface area contributed by atoms with Crippen molar-refractivity contribution in [1.29, 1.82) is 0 Å². The van der Waals surface area contributed by atoms with Crippen molar-refractivity contribution in [2.75, 3.05) is 11.5 Å². The van der Waals surface area contributed by atoms with E-state index in [1.807, 2.05) is 0 Å². The van der Waals surface area contributed by atoms with Crippen molar-refractivity contribution in [3.8, 4) is 0 Å². The fraction of sp³-hybridized carbons (Fsp3) is 1.00. The van der Waals surface area contributed by atoms with Crippen LogP contribution in [0.5, 0.6) is 0 Å². The molecule has 1 unspecified atom stereocenters. The van der Waals surface area contributed by atoms with E-state index in [1.54, 1.807) is 0 Å². The van der Waals surface area contributed by atoms with Gasteiger partial charge in [-0.2, -0.15) is 23.5 Å². The average Bonchev–Trinajstić information content (AvgIpc) is 3.10. The SMILES string of the molecule is CC(C)(CC(C)(C)C1CCCCC1)SCC1CS1. The molecule has 2 fully saturated rings. The minimum absolute atomic E-state index is 0.462. The Hall–Kier alpha value is 0.700. The summed E-state index contributed by atoms with van der Waals surface area (Å²) in [6, 6.07) is 0. The molecule has 2 rings (SSSR count). The summed E-state index contributed by atoms with van der Waals surface area (Å²) in [4.78, 5) is 0. The second-order valence-electron chi connectivity index (χ2n) is 7.53. The van der Waals surface area contributed by atoms with Crippen molar-refractivity contribution < 1.29 is 0 Å². The smallest absolute Gasteiger partial charge is 0.0229 e. The molecule has 1 aliphatic carbocycles. The number of hydrogen-bond acceptors (Lipinski definition) is 2. The Bertz CT molecular complexity index is 260. The molecule has 0 bridgehead atoms. The zero-order valence-corrected chi connectivity index (χ0v) is 14.3. The Kier molecular flexibility index (Phi) is 5.03. The topological polar surface area (TPSA) is 0 Å². The van der Waals surface area contributed by atoms with E-state index < -0.39 is 0 Å². The summed E-state index contributed by atoms with van der Waals surface area (Å²) in [7, 11) is 0. The van der Waals surface area contributed by atoms with Gasteiger partial charge in [0.2, 0.25) is 0 Å². The Morgan fingerprint density at radius 2 is 1.67 bits per heavy atom. The molecule has 1 atom stereocenters. The Morgan fingerprint density at radius 1 is 1.06 bits per heavy atom. The molecule has 1 aliphatic heterocycles. The van der Waals surface area contributed by atoms with Crippen molar-refractivity contribution in [2.45, 2.75) is 76.2 Å². The molecule has 1 saturated carbocycles. The summed E-state index contributed by atoms with van der Waals surface area (Å²) in [5.74, 6) is 3.76. The summed E-state index contributed by atoms with van der Waals surface area (Å²) < 4.78 is 0.462. The first-order valence-corrected chi connectivity index (χ1v) is 9.68. The third-order valence-corrected chi connectivity index (χ3v) is 7.33. The molecule has 0 aromatic carbocycles. The van der Waals surface area contributed by atoms with Gasteiger partial charge in [0.15, 0.2) is 0 Å². The van der Waals surface area contributed by atoms with Gasteiger partial charge in [-0.05, 0) is 30.6 Å². The molecule has 0 amide bonds. The molecule has 0 spiro atoms. The summed E-state index contributed by atoms with van der Waals surface area (Å²) in [6.45, 7) is 9.99. The van der Waals surface area contributed by atoms with E-state index in [4.69, 9.17) is 0 Å². The molecule has 0 aromatic heterocycles. The Morgan fingerprint density at radius 3 is 2.22 bits per heavy atom. The normalized spacial score (nSPS) is 26.3. The van der Waals surface area contributed by atoms with Crippen LogP contribution in [-0.2, 0) is 0 Å². The first kappa shape index (κ1) is 15.1.